The Morgan fingerprint density at radius 2 is 2.14 bits per heavy atom. The van der Waals surface area contributed by atoms with E-state index in [1.165, 1.54) is 37.8 Å². The van der Waals surface area contributed by atoms with Crippen LogP contribution < -0.4 is 5.32 Å². The minimum Gasteiger partial charge on any atom is -0.388 e. The van der Waals surface area contributed by atoms with Crippen molar-refractivity contribution >= 4 is 0 Å². The molecule has 0 aromatic carbocycles. The molecular weight excluding hydrogens is 170 g/mol. The maximum Gasteiger partial charge on any atom is 0.0329 e. The summed E-state index contributed by atoms with van der Waals surface area (Å²) in [6.07, 6.45) is 15.5. The van der Waals surface area contributed by atoms with Crippen molar-refractivity contribution in [1.82, 2.24) is 5.32 Å². The smallest absolute Gasteiger partial charge is 0.0329 e. The summed E-state index contributed by atoms with van der Waals surface area (Å²) < 4.78 is 0. The van der Waals surface area contributed by atoms with Crippen LogP contribution in [0.5, 0.6) is 0 Å². The summed E-state index contributed by atoms with van der Waals surface area (Å²) in [5.41, 5.74) is 3.02. The van der Waals surface area contributed by atoms with E-state index < -0.39 is 0 Å². The van der Waals surface area contributed by atoms with Crippen LogP contribution in [0.15, 0.2) is 35.6 Å². The van der Waals surface area contributed by atoms with Crippen molar-refractivity contribution in [3.63, 3.8) is 0 Å². The van der Waals surface area contributed by atoms with Crippen LogP contribution in [0.2, 0.25) is 0 Å². The van der Waals surface area contributed by atoms with Crippen LogP contribution in [0.4, 0.5) is 0 Å². The van der Waals surface area contributed by atoms with Gasteiger partial charge in [-0.2, -0.15) is 0 Å². The van der Waals surface area contributed by atoms with Gasteiger partial charge in [0, 0.05) is 12.7 Å². The molecule has 0 saturated carbocycles. The lowest BCUT2D eigenvalue weighted by Crippen LogP contribution is -2.16. The van der Waals surface area contributed by atoms with Crippen LogP contribution in [0.3, 0.4) is 0 Å². The normalized spacial score (nSPS) is 26.8. The summed E-state index contributed by atoms with van der Waals surface area (Å²) in [4.78, 5) is 0. The standard InChI is InChI=1S/C13H19N/c1-14-13-10-6-5-9-12(13)11-7-3-2-4-8-11/h2-3,6,10-11,14H,4-5,7-9H2,1H3/t11-/m1/s1. The van der Waals surface area contributed by atoms with Crippen molar-refractivity contribution in [3.05, 3.63) is 35.6 Å². The molecule has 0 amide bonds. The molecule has 1 heteroatoms. The van der Waals surface area contributed by atoms with Gasteiger partial charge in [-0.25, -0.2) is 0 Å². The molecule has 0 saturated heterocycles. The highest BCUT2D eigenvalue weighted by Crippen LogP contribution is 2.32. The Morgan fingerprint density at radius 1 is 1.21 bits per heavy atom. The van der Waals surface area contributed by atoms with E-state index in [4.69, 9.17) is 0 Å². The van der Waals surface area contributed by atoms with E-state index in [-0.39, 0.29) is 0 Å². The summed E-state index contributed by atoms with van der Waals surface area (Å²) in [6.45, 7) is 0. The maximum atomic E-state index is 3.32. The van der Waals surface area contributed by atoms with E-state index in [0.29, 0.717) is 0 Å². The summed E-state index contributed by atoms with van der Waals surface area (Å²) >= 11 is 0. The van der Waals surface area contributed by atoms with Crippen molar-refractivity contribution < 1.29 is 0 Å². The lowest BCUT2D eigenvalue weighted by molar-refractivity contribution is 0.524. The van der Waals surface area contributed by atoms with Gasteiger partial charge in [-0.15, -0.1) is 0 Å². The van der Waals surface area contributed by atoms with Crippen molar-refractivity contribution in [2.45, 2.75) is 32.1 Å². The molecule has 0 fully saturated rings. The molecule has 14 heavy (non-hydrogen) atoms. The van der Waals surface area contributed by atoms with E-state index >= 15 is 0 Å². The third kappa shape index (κ3) is 1.92. The molecule has 0 heterocycles. The van der Waals surface area contributed by atoms with E-state index in [2.05, 4.69) is 29.6 Å². The van der Waals surface area contributed by atoms with Gasteiger partial charge in [0.2, 0.25) is 0 Å². The van der Waals surface area contributed by atoms with Gasteiger partial charge >= 0.3 is 0 Å². The molecule has 2 aliphatic carbocycles. The van der Waals surface area contributed by atoms with Crippen LogP contribution in [0.25, 0.3) is 0 Å². The molecule has 76 valence electrons. The van der Waals surface area contributed by atoms with E-state index in [0.717, 1.165) is 5.92 Å². The molecule has 0 aromatic rings. The number of nitrogens with one attached hydrogen (secondary N) is 1. The van der Waals surface area contributed by atoms with Gasteiger partial charge < -0.3 is 5.32 Å². The monoisotopic (exact) mass is 189 g/mol. The highest BCUT2D eigenvalue weighted by Gasteiger charge is 2.18. The topological polar surface area (TPSA) is 12.0 Å². The van der Waals surface area contributed by atoms with Gasteiger partial charge in [-0.05, 0) is 49.7 Å². The quantitative estimate of drug-likeness (QED) is 0.658. The zero-order valence-electron chi connectivity index (χ0n) is 8.92. The fraction of sp³-hybridized carbons (Fsp3) is 0.538. The molecule has 2 aliphatic rings. The zero-order chi connectivity index (χ0) is 9.80. The Balaban J connectivity index is 2.17. The van der Waals surface area contributed by atoms with Crippen molar-refractivity contribution in [3.8, 4) is 0 Å². The maximum absolute atomic E-state index is 3.32. The molecule has 1 atom stereocenters. The Labute approximate surface area is 86.6 Å². The van der Waals surface area contributed by atoms with Crippen LogP contribution in [0, 0.1) is 5.92 Å². The summed E-state index contributed by atoms with van der Waals surface area (Å²) in [7, 11) is 2.03. The first kappa shape index (κ1) is 9.57. The number of allylic oxidation sites excluding steroid dienone is 5. The largest absolute Gasteiger partial charge is 0.388 e. The third-order valence-corrected chi connectivity index (χ3v) is 3.24. The van der Waals surface area contributed by atoms with E-state index in [1.54, 1.807) is 5.57 Å². The SMILES string of the molecule is CNC1=C([C@@H]2CC=CCC2)CCC=C1. The number of hydrogen-bond donors (Lipinski definition) is 1. The lowest BCUT2D eigenvalue weighted by Gasteiger charge is -2.25. The zero-order valence-corrected chi connectivity index (χ0v) is 8.92. The summed E-state index contributed by atoms with van der Waals surface area (Å²) in [5.74, 6) is 0.799. The Hall–Kier alpha value is -0.980. The molecule has 0 radical (unpaired) electrons. The average molecular weight is 189 g/mol. The lowest BCUT2D eigenvalue weighted by atomic mass is 9.82. The second-order valence-corrected chi connectivity index (χ2v) is 4.11. The van der Waals surface area contributed by atoms with Gasteiger partial charge in [0.15, 0.2) is 0 Å². The molecule has 0 bridgehead atoms. The third-order valence-electron chi connectivity index (χ3n) is 3.24. The van der Waals surface area contributed by atoms with E-state index in [1.807, 2.05) is 7.05 Å². The number of hydrogen-bond acceptors (Lipinski definition) is 1. The minimum atomic E-state index is 0.799. The van der Waals surface area contributed by atoms with Gasteiger partial charge in [-0.3, -0.25) is 0 Å². The molecule has 0 aromatic heterocycles. The van der Waals surface area contributed by atoms with Gasteiger partial charge in [0.05, 0.1) is 0 Å². The van der Waals surface area contributed by atoms with Crippen LogP contribution in [0.1, 0.15) is 32.1 Å². The van der Waals surface area contributed by atoms with Gasteiger partial charge in [0.1, 0.15) is 0 Å². The van der Waals surface area contributed by atoms with Gasteiger partial charge in [-0.1, -0.05) is 18.2 Å². The fourth-order valence-corrected chi connectivity index (χ4v) is 2.46. The first-order valence-electron chi connectivity index (χ1n) is 5.64. The Bertz CT molecular complexity index is 284. The van der Waals surface area contributed by atoms with E-state index in [9.17, 15) is 0 Å². The first-order valence-corrected chi connectivity index (χ1v) is 5.64. The molecule has 1 nitrogen and oxygen atoms in total. The average Bonchev–Trinajstić information content (AvgIpc) is 2.30. The predicted molar refractivity (Wildman–Crippen MR) is 60.9 cm³/mol. The minimum absolute atomic E-state index is 0.799. The van der Waals surface area contributed by atoms with Crippen LogP contribution >= 0.6 is 0 Å². The number of rotatable bonds is 2. The highest BCUT2D eigenvalue weighted by atomic mass is 14.8. The molecule has 0 aliphatic heterocycles. The number of likely N-dealkylation sites (N-methyl/N-ethyl adjacent to an activating group) is 1. The Kier molecular flexibility index (Phi) is 3.07. The second kappa shape index (κ2) is 4.50. The molecular formula is C13H19N. The van der Waals surface area contributed by atoms with Crippen LogP contribution in [-0.4, -0.2) is 7.05 Å². The fourth-order valence-electron chi connectivity index (χ4n) is 2.46. The molecule has 0 unspecified atom stereocenters. The second-order valence-electron chi connectivity index (χ2n) is 4.11. The Morgan fingerprint density at radius 3 is 2.86 bits per heavy atom. The van der Waals surface area contributed by atoms with Crippen molar-refractivity contribution in [2.75, 3.05) is 7.05 Å². The van der Waals surface area contributed by atoms with Gasteiger partial charge in [0.25, 0.3) is 0 Å². The van der Waals surface area contributed by atoms with Crippen molar-refractivity contribution in [1.29, 1.82) is 0 Å². The van der Waals surface area contributed by atoms with Crippen molar-refractivity contribution in [2.24, 2.45) is 5.92 Å². The summed E-state index contributed by atoms with van der Waals surface area (Å²) in [5, 5.41) is 3.32. The molecule has 0 spiro atoms. The molecule has 2 rings (SSSR count). The highest BCUT2D eigenvalue weighted by molar-refractivity contribution is 5.30. The first-order chi connectivity index (χ1) is 6.92. The van der Waals surface area contributed by atoms with Crippen LogP contribution in [-0.2, 0) is 0 Å². The predicted octanol–water partition coefficient (Wildman–Crippen LogP) is 3.17. The molecule has 1 N–H and O–H groups in total. The summed E-state index contributed by atoms with van der Waals surface area (Å²) in [6, 6.07) is 0.